The Kier molecular flexibility index (Phi) is 3.45. The summed E-state index contributed by atoms with van der Waals surface area (Å²) < 4.78 is 0. The Hall–Kier alpha value is -1.08. The van der Waals surface area contributed by atoms with Crippen LogP contribution < -0.4 is 5.32 Å². The van der Waals surface area contributed by atoms with Gasteiger partial charge in [-0.2, -0.15) is 11.8 Å². The van der Waals surface area contributed by atoms with Crippen LogP contribution in [-0.2, 0) is 0 Å². The average Bonchev–Trinajstić information content (AvgIpc) is 2.70. The Balaban J connectivity index is 2.25. The SMILES string of the molecule is O=[N+]([O-])c1c(Cl)ncnc1NC1CCSC1. The Bertz CT molecular complexity index is 411. The zero-order valence-electron chi connectivity index (χ0n) is 8.22. The summed E-state index contributed by atoms with van der Waals surface area (Å²) in [7, 11) is 0. The minimum Gasteiger partial charge on any atom is -0.361 e. The van der Waals surface area contributed by atoms with Gasteiger partial charge in [-0.25, -0.2) is 9.97 Å². The highest BCUT2D eigenvalue weighted by atomic mass is 35.5. The van der Waals surface area contributed by atoms with E-state index < -0.39 is 4.92 Å². The molecule has 1 aromatic rings. The lowest BCUT2D eigenvalue weighted by molar-refractivity contribution is -0.384. The monoisotopic (exact) mass is 260 g/mol. The number of halogens is 1. The molecule has 0 amide bonds. The largest absolute Gasteiger partial charge is 0.361 e. The highest BCUT2D eigenvalue weighted by Gasteiger charge is 2.24. The lowest BCUT2D eigenvalue weighted by Gasteiger charge is -2.11. The van der Waals surface area contributed by atoms with E-state index in [0.717, 1.165) is 17.9 Å². The summed E-state index contributed by atoms with van der Waals surface area (Å²) >= 11 is 7.48. The van der Waals surface area contributed by atoms with Gasteiger partial charge in [-0.1, -0.05) is 11.6 Å². The van der Waals surface area contributed by atoms with Crippen molar-refractivity contribution in [2.75, 3.05) is 16.8 Å². The molecule has 1 aliphatic rings. The van der Waals surface area contributed by atoms with Gasteiger partial charge in [0.05, 0.1) is 4.92 Å². The first-order valence-corrected chi connectivity index (χ1v) is 6.21. The molecule has 1 atom stereocenters. The standard InChI is InChI=1S/C8H9ClN4O2S/c9-7-6(13(14)15)8(11-4-10-7)12-5-1-2-16-3-5/h4-5H,1-3H2,(H,10,11,12). The Morgan fingerprint density at radius 1 is 1.62 bits per heavy atom. The molecule has 16 heavy (non-hydrogen) atoms. The maximum Gasteiger partial charge on any atom is 0.348 e. The number of hydrogen-bond donors (Lipinski definition) is 1. The van der Waals surface area contributed by atoms with Gasteiger partial charge in [-0.05, 0) is 12.2 Å². The molecule has 1 N–H and O–H groups in total. The van der Waals surface area contributed by atoms with E-state index in [9.17, 15) is 10.1 Å². The van der Waals surface area contributed by atoms with Gasteiger partial charge in [0.25, 0.3) is 0 Å². The van der Waals surface area contributed by atoms with Gasteiger partial charge in [0, 0.05) is 11.8 Å². The second-order valence-electron chi connectivity index (χ2n) is 3.32. The highest BCUT2D eigenvalue weighted by Crippen LogP contribution is 2.30. The molecule has 86 valence electrons. The summed E-state index contributed by atoms with van der Waals surface area (Å²) in [5.41, 5.74) is -0.249. The summed E-state index contributed by atoms with van der Waals surface area (Å²) in [6, 6.07) is 0.217. The van der Waals surface area contributed by atoms with Crippen LogP contribution in [0.25, 0.3) is 0 Å². The molecule has 2 rings (SSSR count). The van der Waals surface area contributed by atoms with Gasteiger partial charge in [0.2, 0.25) is 11.0 Å². The number of nitro groups is 1. The molecule has 8 heteroatoms. The molecule has 1 unspecified atom stereocenters. The van der Waals surface area contributed by atoms with Crippen molar-refractivity contribution in [3.05, 3.63) is 21.6 Å². The minimum absolute atomic E-state index is 0.131. The molecule has 0 spiro atoms. The maximum absolute atomic E-state index is 10.8. The van der Waals surface area contributed by atoms with Crippen LogP contribution in [-0.4, -0.2) is 32.4 Å². The highest BCUT2D eigenvalue weighted by molar-refractivity contribution is 7.99. The van der Waals surface area contributed by atoms with Crippen molar-refractivity contribution in [3.63, 3.8) is 0 Å². The van der Waals surface area contributed by atoms with Crippen LogP contribution in [0, 0.1) is 10.1 Å². The van der Waals surface area contributed by atoms with Crippen molar-refractivity contribution in [2.45, 2.75) is 12.5 Å². The molecule has 1 aliphatic heterocycles. The lowest BCUT2D eigenvalue weighted by atomic mass is 10.2. The molecule has 0 radical (unpaired) electrons. The van der Waals surface area contributed by atoms with Gasteiger partial charge in [0.15, 0.2) is 0 Å². The van der Waals surface area contributed by atoms with Crippen molar-refractivity contribution in [3.8, 4) is 0 Å². The topological polar surface area (TPSA) is 81.0 Å². The van der Waals surface area contributed by atoms with Crippen LogP contribution in [0.4, 0.5) is 11.5 Å². The normalized spacial score (nSPS) is 19.7. The fourth-order valence-electron chi connectivity index (χ4n) is 1.47. The first-order valence-electron chi connectivity index (χ1n) is 4.67. The Morgan fingerprint density at radius 2 is 2.44 bits per heavy atom. The van der Waals surface area contributed by atoms with Gasteiger partial charge >= 0.3 is 5.69 Å². The third-order valence-electron chi connectivity index (χ3n) is 2.23. The van der Waals surface area contributed by atoms with Crippen LogP contribution in [0.3, 0.4) is 0 Å². The van der Waals surface area contributed by atoms with E-state index >= 15 is 0 Å². The van der Waals surface area contributed by atoms with E-state index in [4.69, 9.17) is 11.6 Å². The second kappa shape index (κ2) is 4.84. The zero-order chi connectivity index (χ0) is 11.5. The van der Waals surface area contributed by atoms with E-state index in [1.807, 2.05) is 11.8 Å². The van der Waals surface area contributed by atoms with Gasteiger partial charge in [0.1, 0.15) is 6.33 Å². The number of nitrogens with one attached hydrogen (secondary N) is 1. The van der Waals surface area contributed by atoms with Crippen molar-refractivity contribution >= 4 is 34.9 Å². The summed E-state index contributed by atoms with van der Waals surface area (Å²) in [5.74, 6) is 2.20. The number of rotatable bonds is 3. The van der Waals surface area contributed by atoms with Crippen LogP contribution in [0.1, 0.15) is 6.42 Å². The first-order chi connectivity index (χ1) is 7.68. The third-order valence-corrected chi connectivity index (χ3v) is 3.67. The van der Waals surface area contributed by atoms with E-state index in [0.29, 0.717) is 0 Å². The summed E-state index contributed by atoms with van der Waals surface area (Å²) in [5, 5.41) is 13.7. The van der Waals surface area contributed by atoms with Crippen LogP contribution in [0.2, 0.25) is 5.15 Å². The predicted molar refractivity (Wildman–Crippen MR) is 63.0 cm³/mol. The molecule has 0 bridgehead atoms. The number of aromatic nitrogens is 2. The first kappa shape index (κ1) is 11.4. The van der Waals surface area contributed by atoms with Gasteiger partial charge < -0.3 is 5.32 Å². The number of thioether (sulfide) groups is 1. The molecule has 1 aromatic heterocycles. The lowest BCUT2D eigenvalue weighted by Crippen LogP contribution is -2.20. The number of anilines is 1. The molecule has 0 saturated carbocycles. The molecule has 2 heterocycles. The zero-order valence-corrected chi connectivity index (χ0v) is 9.79. The Labute approximate surface area is 101 Å². The second-order valence-corrected chi connectivity index (χ2v) is 4.83. The smallest absolute Gasteiger partial charge is 0.348 e. The van der Waals surface area contributed by atoms with E-state index in [1.165, 1.54) is 6.33 Å². The molecule has 6 nitrogen and oxygen atoms in total. The van der Waals surface area contributed by atoms with Gasteiger partial charge in [-0.3, -0.25) is 10.1 Å². The molecule has 0 aliphatic carbocycles. The predicted octanol–water partition coefficient (Wildman–Crippen LogP) is 1.96. The molecular weight excluding hydrogens is 252 g/mol. The minimum atomic E-state index is -0.563. The Morgan fingerprint density at radius 3 is 3.06 bits per heavy atom. The maximum atomic E-state index is 10.8. The van der Waals surface area contributed by atoms with E-state index in [2.05, 4.69) is 15.3 Å². The molecule has 1 saturated heterocycles. The molecule has 1 fully saturated rings. The van der Waals surface area contributed by atoms with Crippen LogP contribution >= 0.6 is 23.4 Å². The number of nitrogens with zero attached hydrogens (tertiary/aromatic N) is 3. The van der Waals surface area contributed by atoms with Crippen molar-refractivity contribution < 1.29 is 4.92 Å². The third kappa shape index (κ3) is 2.35. The van der Waals surface area contributed by atoms with Crippen molar-refractivity contribution in [2.24, 2.45) is 0 Å². The van der Waals surface area contributed by atoms with Crippen LogP contribution in [0.15, 0.2) is 6.33 Å². The van der Waals surface area contributed by atoms with Crippen molar-refractivity contribution in [1.82, 2.24) is 9.97 Å². The fraction of sp³-hybridized carbons (Fsp3) is 0.500. The van der Waals surface area contributed by atoms with E-state index in [-0.39, 0.29) is 22.7 Å². The fourth-order valence-corrected chi connectivity index (χ4v) is 2.82. The van der Waals surface area contributed by atoms with Gasteiger partial charge in [-0.15, -0.1) is 0 Å². The average molecular weight is 261 g/mol. The van der Waals surface area contributed by atoms with E-state index in [1.54, 1.807) is 0 Å². The summed E-state index contributed by atoms with van der Waals surface area (Å²) in [4.78, 5) is 17.7. The van der Waals surface area contributed by atoms with Crippen molar-refractivity contribution in [1.29, 1.82) is 0 Å². The summed E-state index contributed by atoms with van der Waals surface area (Å²) in [6.07, 6.45) is 2.20. The summed E-state index contributed by atoms with van der Waals surface area (Å²) in [6.45, 7) is 0. The number of hydrogen-bond acceptors (Lipinski definition) is 6. The quantitative estimate of drug-likeness (QED) is 0.508. The molecular formula is C8H9ClN4O2S. The molecule has 0 aromatic carbocycles. The van der Waals surface area contributed by atoms with Crippen LogP contribution in [0.5, 0.6) is 0 Å².